The smallest absolute Gasteiger partial charge is 0.317 e. The molecule has 3 amide bonds. The number of piperazine rings is 1. The van der Waals surface area contributed by atoms with Crippen molar-refractivity contribution in [3.8, 4) is 0 Å². The minimum Gasteiger partial charge on any atom is -0.355 e. The van der Waals surface area contributed by atoms with E-state index in [9.17, 15) is 9.59 Å². The number of benzene rings is 2. The molecule has 0 unspecified atom stereocenters. The topological polar surface area (TPSA) is 64.7 Å². The molecule has 0 radical (unpaired) electrons. The van der Waals surface area contributed by atoms with Crippen molar-refractivity contribution in [3.63, 3.8) is 0 Å². The summed E-state index contributed by atoms with van der Waals surface area (Å²) in [6.07, 6.45) is 0. The van der Waals surface area contributed by atoms with Gasteiger partial charge in [-0.15, -0.1) is 0 Å². The summed E-state index contributed by atoms with van der Waals surface area (Å²) in [5, 5.41) is 6.12. The molecule has 1 aliphatic heterocycles. The molecule has 0 aromatic heterocycles. The Morgan fingerprint density at radius 2 is 1.50 bits per heavy atom. The maximum Gasteiger partial charge on any atom is 0.317 e. The van der Waals surface area contributed by atoms with E-state index in [0.717, 1.165) is 11.4 Å². The Balaban J connectivity index is 1.68. The molecule has 2 aromatic rings. The molecule has 1 fully saturated rings. The van der Waals surface area contributed by atoms with Gasteiger partial charge in [0, 0.05) is 38.4 Å². The molecule has 1 aliphatic rings. The second-order valence-corrected chi connectivity index (χ2v) is 6.15. The first kappa shape index (κ1) is 17.8. The van der Waals surface area contributed by atoms with Crippen LogP contribution in [0.25, 0.3) is 0 Å². The fourth-order valence-electron chi connectivity index (χ4n) is 3.00. The van der Waals surface area contributed by atoms with Crippen LogP contribution in [0.15, 0.2) is 54.6 Å². The summed E-state index contributed by atoms with van der Waals surface area (Å²) in [6.45, 7) is 4.67. The van der Waals surface area contributed by atoms with Gasteiger partial charge in [0.2, 0.25) is 0 Å². The Morgan fingerprint density at radius 3 is 2.19 bits per heavy atom. The highest BCUT2D eigenvalue weighted by molar-refractivity contribution is 6.00. The molecular formula is C20H24N4O2. The number of hydrogen-bond acceptors (Lipinski definition) is 3. The van der Waals surface area contributed by atoms with Crippen molar-refractivity contribution in [1.82, 2.24) is 15.1 Å². The molecule has 1 heterocycles. The molecule has 0 aliphatic carbocycles. The van der Waals surface area contributed by atoms with Gasteiger partial charge in [-0.2, -0.15) is 0 Å². The number of hydrogen-bond donors (Lipinski definition) is 2. The lowest BCUT2D eigenvalue weighted by Gasteiger charge is -2.35. The third kappa shape index (κ3) is 4.14. The molecular weight excluding hydrogens is 328 g/mol. The average molecular weight is 352 g/mol. The molecule has 3 rings (SSSR count). The van der Waals surface area contributed by atoms with Gasteiger partial charge in [-0.05, 0) is 31.2 Å². The maximum atomic E-state index is 13.0. The molecule has 0 saturated carbocycles. The molecule has 0 spiro atoms. The Morgan fingerprint density at radius 1 is 0.885 bits per heavy atom. The number of carbonyl (C=O) groups is 2. The predicted molar refractivity (Wildman–Crippen MR) is 103 cm³/mol. The predicted octanol–water partition coefficient (Wildman–Crippen LogP) is 2.92. The van der Waals surface area contributed by atoms with Crippen molar-refractivity contribution in [3.05, 3.63) is 60.2 Å². The van der Waals surface area contributed by atoms with Gasteiger partial charge in [-0.1, -0.05) is 30.3 Å². The summed E-state index contributed by atoms with van der Waals surface area (Å²) in [4.78, 5) is 28.4. The van der Waals surface area contributed by atoms with Gasteiger partial charge in [0.25, 0.3) is 5.91 Å². The Hall–Kier alpha value is -3.02. The van der Waals surface area contributed by atoms with Crippen molar-refractivity contribution in [2.75, 3.05) is 38.0 Å². The second-order valence-electron chi connectivity index (χ2n) is 6.15. The first-order valence-corrected chi connectivity index (χ1v) is 8.92. The summed E-state index contributed by atoms with van der Waals surface area (Å²) in [5.74, 6) is -0.0143. The van der Waals surface area contributed by atoms with E-state index in [2.05, 4.69) is 10.6 Å². The van der Waals surface area contributed by atoms with Crippen LogP contribution in [0.2, 0.25) is 0 Å². The van der Waals surface area contributed by atoms with Gasteiger partial charge >= 0.3 is 6.03 Å². The molecule has 136 valence electrons. The van der Waals surface area contributed by atoms with Gasteiger partial charge in [0.05, 0.1) is 11.3 Å². The third-order valence-electron chi connectivity index (χ3n) is 4.39. The number of nitrogens with zero attached hydrogens (tertiary/aromatic N) is 2. The summed E-state index contributed by atoms with van der Waals surface area (Å²) < 4.78 is 0. The van der Waals surface area contributed by atoms with E-state index in [1.54, 1.807) is 9.80 Å². The lowest BCUT2D eigenvalue weighted by Crippen LogP contribution is -2.53. The maximum absolute atomic E-state index is 13.0. The monoisotopic (exact) mass is 352 g/mol. The largest absolute Gasteiger partial charge is 0.355 e. The molecule has 2 aromatic carbocycles. The van der Waals surface area contributed by atoms with Crippen LogP contribution in [0.5, 0.6) is 0 Å². The van der Waals surface area contributed by atoms with Crippen LogP contribution in [-0.2, 0) is 0 Å². The third-order valence-corrected chi connectivity index (χ3v) is 4.39. The van der Waals surface area contributed by atoms with Crippen molar-refractivity contribution in [1.29, 1.82) is 0 Å². The average Bonchev–Trinajstić information content (AvgIpc) is 2.69. The Bertz CT molecular complexity index is 755. The van der Waals surface area contributed by atoms with Gasteiger partial charge in [-0.25, -0.2) is 4.79 Å². The quantitative estimate of drug-likeness (QED) is 0.889. The van der Waals surface area contributed by atoms with Gasteiger partial charge in [0.15, 0.2) is 0 Å². The molecule has 6 nitrogen and oxygen atoms in total. The van der Waals surface area contributed by atoms with E-state index >= 15 is 0 Å². The number of amides is 3. The highest BCUT2D eigenvalue weighted by Crippen LogP contribution is 2.22. The number of carbonyl (C=O) groups excluding carboxylic acids is 2. The van der Waals surface area contributed by atoms with E-state index in [0.29, 0.717) is 38.3 Å². The molecule has 6 heteroatoms. The first-order chi connectivity index (χ1) is 12.7. The molecule has 0 atom stereocenters. The Labute approximate surface area is 153 Å². The fraction of sp³-hybridized carbons (Fsp3) is 0.300. The highest BCUT2D eigenvalue weighted by atomic mass is 16.2. The zero-order valence-electron chi connectivity index (χ0n) is 14.9. The van der Waals surface area contributed by atoms with Crippen LogP contribution in [0.3, 0.4) is 0 Å². The van der Waals surface area contributed by atoms with Gasteiger partial charge < -0.3 is 20.4 Å². The number of anilines is 2. The van der Waals surface area contributed by atoms with Crippen molar-refractivity contribution >= 4 is 23.3 Å². The zero-order valence-corrected chi connectivity index (χ0v) is 14.9. The molecule has 1 saturated heterocycles. The van der Waals surface area contributed by atoms with Crippen molar-refractivity contribution < 1.29 is 9.59 Å². The van der Waals surface area contributed by atoms with Crippen molar-refractivity contribution in [2.45, 2.75) is 6.92 Å². The van der Waals surface area contributed by atoms with E-state index < -0.39 is 0 Å². The van der Waals surface area contributed by atoms with Gasteiger partial charge in [-0.3, -0.25) is 4.79 Å². The van der Waals surface area contributed by atoms with Crippen LogP contribution in [0, 0.1) is 0 Å². The number of rotatable bonds is 4. The molecule has 2 N–H and O–H groups in total. The minimum atomic E-state index is -0.0641. The second kappa shape index (κ2) is 8.38. The lowest BCUT2D eigenvalue weighted by atomic mass is 10.1. The van der Waals surface area contributed by atoms with E-state index in [-0.39, 0.29) is 11.9 Å². The number of para-hydroxylation sites is 2. The SMILES string of the molecule is CCNC(=O)N1CCN(C(=O)c2ccccc2Nc2ccccc2)CC1. The number of nitrogens with one attached hydrogen (secondary N) is 2. The Kier molecular flexibility index (Phi) is 5.73. The zero-order chi connectivity index (χ0) is 18.4. The molecule has 26 heavy (non-hydrogen) atoms. The van der Waals surface area contributed by atoms with Crippen LogP contribution < -0.4 is 10.6 Å². The van der Waals surface area contributed by atoms with E-state index in [4.69, 9.17) is 0 Å². The standard InChI is InChI=1S/C20H24N4O2/c1-2-21-20(26)24-14-12-23(13-15-24)19(25)17-10-6-7-11-18(17)22-16-8-4-3-5-9-16/h3-11,22H,2,12-15H2,1H3,(H,21,26). The fourth-order valence-corrected chi connectivity index (χ4v) is 3.00. The van der Waals surface area contributed by atoms with Crippen LogP contribution in [0.1, 0.15) is 17.3 Å². The van der Waals surface area contributed by atoms with E-state index in [1.807, 2.05) is 61.5 Å². The molecule has 0 bridgehead atoms. The van der Waals surface area contributed by atoms with Gasteiger partial charge in [0.1, 0.15) is 0 Å². The highest BCUT2D eigenvalue weighted by Gasteiger charge is 2.25. The summed E-state index contributed by atoms with van der Waals surface area (Å²) in [6, 6.07) is 17.2. The first-order valence-electron chi connectivity index (χ1n) is 8.92. The lowest BCUT2D eigenvalue weighted by molar-refractivity contribution is 0.0666. The summed E-state index contributed by atoms with van der Waals surface area (Å²) >= 11 is 0. The normalized spacial score (nSPS) is 14.0. The minimum absolute atomic E-state index is 0.0143. The van der Waals surface area contributed by atoms with Crippen LogP contribution in [0.4, 0.5) is 16.2 Å². The summed E-state index contributed by atoms with van der Waals surface area (Å²) in [7, 11) is 0. The number of urea groups is 1. The van der Waals surface area contributed by atoms with Crippen LogP contribution in [-0.4, -0.2) is 54.5 Å². The van der Waals surface area contributed by atoms with Crippen molar-refractivity contribution in [2.24, 2.45) is 0 Å². The summed E-state index contributed by atoms with van der Waals surface area (Å²) in [5.41, 5.74) is 2.37. The van der Waals surface area contributed by atoms with E-state index in [1.165, 1.54) is 0 Å². The van der Waals surface area contributed by atoms with Crippen LogP contribution >= 0.6 is 0 Å².